The van der Waals surface area contributed by atoms with Gasteiger partial charge in [-0.1, -0.05) is 28.1 Å². The van der Waals surface area contributed by atoms with E-state index in [1.807, 2.05) is 24.3 Å². The highest BCUT2D eigenvalue weighted by molar-refractivity contribution is 9.09. The number of halogens is 1. The zero-order valence-corrected chi connectivity index (χ0v) is 11.2. The number of hydrogen-bond acceptors (Lipinski definition) is 3. The normalized spacial score (nSPS) is 10.5. The molecule has 0 unspecified atom stereocenters. The van der Waals surface area contributed by atoms with Crippen LogP contribution in [0.3, 0.4) is 0 Å². The van der Waals surface area contributed by atoms with E-state index in [0.717, 1.165) is 10.9 Å². The smallest absolute Gasteiger partial charge is 0.203 e. The summed E-state index contributed by atoms with van der Waals surface area (Å²) in [5.41, 5.74) is 0.958. The molecule has 0 N–H and O–H groups in total. The third-order valence-corrected chi connectivity index (χ3v) is 2.49. The van der Waals surface area contributed by atoms with Gasteiger partial charge in [0.15, 0.2) is 11.5 Å². The van der Waals surface area contributed by atoms with Crippen LogP contribution in [0.1, 0.15) is 5.56 Å². The summed E-state index contributed by atoms with van der Waals surface area (Å²) in [6, 6.07) is 3.79. The molecule has 1 aromatic rings. The van der Waals surface area contributed by atoms with Crippen LogP contribution in [0.5, 0.6) is 17.2 Å². The first-order chi connectivity index (χ1) is 7.78. The molecule has 0 aliphatic carbocycles. The molecule has 0 aliphatic rings. The molecule has 0 radical (unpaired) electrons. The molecular formula is C12H15BrO3. The van der Waals surface area contributed by atoms with Gasteiger partial charge in [-0.25, -0.2) is 0 Å². The number of alkyl halides is 1. The average molecular weight is 287 g/mol. The van der Waals surface area contributed by atoms with E-state index in [4.69, 9.17) is 14.2 Å². The van der Waals surface area contributed by atoms with E-state index < -0.39 is 0 Å². The van der Waals surface area contributed by atoms with Crippen molar-refractivity contribution in [3.8, 4) is 17.2 Å². The van der Waals surface area contributed by atoms with Gasteiger partial charge in [-0.05, 0) is 12.1 Å². The molecule has 0 bridgehead atoms. The fourth-order valence-electron chi connectivity index (χ4n) is 1.43. The van der Waals surface area contributed by atoms with Crippen molar-refractivity contribution in [2.45, 2.75) is 0 Å². The van der Waals surface area contributed by atoms with Gasteiger partial charge in [0.1, 0.15) is 0 Å². The highest BCUT2D eigenvalue weighted by atomic mass is 79.9. The Balaban J connectivity index is 3.25. The molecule has 0 atom stereocenters. The van der Waals surface area contributed by atoms with Crippen LogP contribution in [0.4, 0.5) is 0 Å². The molecule has 0 saturated heterocycles. The van der Waals surface area contributed by atoms with Crippen molar-refractivity contribution >= 4 is 22.0 Å². The van der Waals surface area contributed by atoms with Crippen LogP contribution < -0.4 is 14.2 Å². The maximum atomic E-state index is 5.34. The summed E-state index contributed by atoms with van der Waals surface area (Å²) in [6.07, 6.45) is 3.96. The summed E-state index contributed by atoms with van der Waals surface area (Å²) in [4.78, 5) is 0. The Morgan fingerprint density at radius 1 is 1.06 bits per heavy atom. The topological polar surface area (TPSA) is 27.7 Å². The number of benzene rings is 1. The predicted octanol–water partition coefficient (Wildman–Crippen LogP) is 3.12. The monoisotopic (exact) mass is 286 g/mol. The van der Waals surface area contributed by atoms with Gasteiger partial charge in [-0.3, -0.25) is 0 Å². The van der Waals surface area contributed by atoms with Gasteiger partial charge in [0.2, 0.25) is 5.75 Å². The molecule has 0 saturated carbocycles. The van der Waals surface area contributed by atoms with Crippen molar-refractivity contribution in [1.29, 1.82) is 0 Å². The second-order valence-corrected chi connectivity index (χ2v) is 3.63. The molecule has 0 spiro atoms. The highest BCUT2D eigenvalue weighted by Gasteiger charge is 2.13. The minimum Gasteiger partial charge on any atom is -0.493 e. The van der Waals surface area contributed by atoms with Crippen molar-refractivity contribution in [2.75, 3.05) is 26.7 Å². The Morgan fingerprint density at radius 3 is 2.25 bits per heavy atom. The van der Waals surface area contributed by atoms with Crippen LogP contribution in [0.25, 0.3) is 6.08 Å². The lowest BCUT2D eigenvalue weighted by Gasteiger charge is -2.13. The minimum atomic E-state index is 0.613. The largest absolute Gasteiger partial charge is 0.493 e. The van der Waals surface area contributed by atoms with Gasteiger partial charge in [-0.15, -0.1) is 0 Å². The third-order valence-electron chi connectivity index (χ3n) is 2.12. The molecular weight excluding hydrogens is 272 g/mol. The van der Waals surface area contributed by atoms with E-state index in [1.165, 1.54) is 0 Å². The minimum absolute atomic E-state index is 0.613. The van der Waals surface area contributed by atoms with Gasteiger partial charge < -0.3 is 14.2 Å². The lowest BCUT2D eigenvalue weighted by molar-refractivity contribution is 0.324. The molecule has 1 aromatic carbocycles. The summed E-state index contributed by atoms with van der Waals surface area (Å²) >= 11 is 3.33. The second-order valence-electron chi connectivity index (χ2n) is 2.98. The van der Waals surface area contributed by atoms with Crippen LogP contribution in [-0.4, -0.2) is 26.7 Å². The molecule has 0 aliphatic heterocycles. The predicted molar refractivity (Wildman–Crippen MR) is 68.9 cm³/mol. The molecule has 1 rings (SSSR count). The Morgan fingerprint density at radius 2 is 1.75 bits per heavy atom. The first kappa shape index (κ1) is 12.9. The fourth-order valence-corrected chi connectivity index (χ4v) is 1.61. The molecule has 88 valence electrons. The van der Waals surface area contributed by atoms with E-state index >= 15 is 0 Å². The Bertz CT molecular complexity index is 375. The van der Waals surface area contributed by atoms with Crippen LogP contribution in [0.15, 0.2) is 18.2 Å². The Kier molecular flexibility index (Phi) is 5.19. The first-order valence-electron chi connectivity index (χ1n) is 4.80. The van der Waals surface area contributed by atoms with Crippen molar-refractivity contribution in [1.82, 2.24) is 0 Å². The van der Waals surface area contributed by atoms with Gasteiger partial charge in [-0.2, -0.15) is 0 Å². The standard InChI is InChI=1S/C12H15BrO3/c1-14-10-7-6-9(5-4-8-13)11(15-2)12(10)16-3/h4-7H,8H2,1-3H3/b5-4+. The molecule has 0 amide bonds. The van der Waals surface area contributed by atoms with Gasteiger partial charge in [0.05, 0.1) is 21.3 Å². The molecule has 4 heteroatoms. The third kappa shape index (κ3) is 2.70. The lowest BCUT2D eigenvalue weighted by Crippen LogP contribution is -1.96. The second kappa shape index (κ2) is 6.43. The van der Waals surface area contributed by atoms with Gasteiger partial charge in [0, 0.05) is 10.9 Å². The summed E-state index contributed by atoms with van der Waals surface area (Å²) in [5, 5.41) is 0.796. The molecule has 0 heterocycles. The molecule has 3 nitrogen and oxygen atoms in total. The molecule has 0 fully saturated rings. The first-order valence-corrected chi connectivity index (χ1v) is 5.92. The van der Waals surface area contributed by atoms with Crippen molar-refractivity contribution in [3.05, 3.63) is 23.8 Å². The SMILES string of the molecule is COc1ccc(/C=C/CBr)c(OC)c1OC. The molecule has 16 heavy (non-hydrogen) atoms. The Hall–Kier alpha value is -1.16. The lowest BCUT2D eigenvalue weighted by atomic mass is 10.1. The van der Waals surface area contributed by atoms with E-state index in [0.29, 0.717) is 17.2 Å². The molecule has 0 aromatic heterocycles. The van der Waals surface area contributed by atoms with E-state index in [1.54, 1.807) is 21.3 Å². The van der Waals surface area contributed by atoms with E-state index in [9.17, 15) is 0 Å². The maximum absolute atomic E-state index is 5.34. The maximum Gasteiger partial charge on any atom is 0.203 e. The summed E-state index contributed by atoms with van der Waals surface area (Å²) < 4.78 is 15.8. The average Bonchev–Trinajstić information content (AvgIpc) is 2.34. The quantitative estimate of drug-likeness (QED) is 0.779. The summed E-state index contributed by atoms with van der Waals surface area (Å²) in [7, 11) is 4.81. The van der Waals surface area contributed by atoms with E-state index in [-0.39, 0.29) is 0 Å². The summed E-state index contributed by atoms with van der Waals surface area (Å²) in [6.45, 7) is 0. The number of allylic oxidation sites excluding steroid dienone is 1. The highest BCUT2D eigenvalue weighted by Crippen LogP contribution is 2.40. The summed E-state index contributed by atoms with van der Waals surface area (Å²) in [5.74, 6) is 1.95. The van der Waals surface area contributed by atoms with E-state index in [2.05, 4.69) is 15.9 Å². The number of rotatable bonds is 5. The number of methoxy groups -OCH3 is 3. The zero-order chi connectivity index (χ0) is 12.0. The van der Waals surface area contributed by atoms with Crippen LogP contribution in [0, 0.1) is 0 Å². The van der Waals surface area contributed by atoms with Crippen LogP contribution in [0.2, 0.25) is 0 Å². The van der Waals surface area contributed by atoms with Gasteiger partial charge in [0.25, 0.3) is 0 Å². The van der Waals surface area contributed by atoms with Crippen molar-refractivity contribution in [3.63, 3.8) is 0 Å². The van der Waals surface area contributed by atoms with Crippen molar-refractivity contribution < 1.29 is 14.2 Å². The fraction of sp³-hybridized carbons (Fsp3) is 0.333. The van der Waals surface area contributed by atoms with Crippen molar-refractivity contribution in [2.24, 2.45) is 0 Å². The Labute approximate surface area is 104 Å². The van der Waals surface area contributed by atoms with Crippen LogP contribution in [-0.2, 0) is 0 Å². The number of ether oxygens (including phenoxy) is 3. The zero-order valence-electron chi connectivity index (χ0n) is 9.62. The van der Waals surface area contributed by atoms with Crippen LogP contribution >= 0.6 is 15.9 Å². The number of hydrogen-bond donors (Lipinski definition) is 0. The van der Waals surface area contributed by atoms with Gasteiger partial charge >= 0.3 is 0 Å².